The van der Waals surface area contributed by atoms with Crippen molar-refractivity contribution in [2.45, 2.75) is 52.2 Å². The first kappa shape index (κ1) is 21.5. The lowest BCUT2D eigenvalue weighted by atomic mass is 10.0. The van der Waals surface area contributed by atoms with Crippen LogP contribution in [0.15, 0.2) is 54.6 Å². The van der Waals surface area contributed by atoms with Crippen molar-refractivity contribution in [3.8, 4) is 11.1 Å². The first-order valence-electron chi connectivity index (χ1n) is 9.46. The van der Waals surface area contributed by atoms with E-state index in [4.69, 9.17) is 4.74 Å². The molecule has 0 heterocycles. The summed E-state index contributed by atoms with van der Waals surface area (Å²) in [6.07, 6.45) is -0.211. The molecule has 5 nitrogen and oxygen atoms in total. The summed E-state index contributed by atoms with van der Waals surface area (Å²) in [7, 11) is 0. The second kappa shape index (κ2) is 8.91. The number of alkyl carbamates (subject to hydrolysis) is 1. The largest absolute Gasteiger partial charge is 0.444 e. The summed E-state index contributed by atoms with van der Waals surface area (Å²) in [6, 6.07) is 18.1. The molecular formula is C23H30N2O3. The molecule has 2 aromatic rings. The van der Waals surface area contributed by atoms with Crippen LogP contribution >= 0.6 is 0 Å². The third-order valence-corrected chi connectivity index (χ3v) is 3.98. The molecule has 150 valence electrons. The van der Waals surface area contributed by atoms with Gasteiger partial charge < -0.3 is 15.4 Å². The van der Waals surface area contributed by atoms with Crippen LogP contribution in [-0.4, -0.2) is 29.7 Å². The minimum atomic E-state index is -0.585. The van der Waals surface area contributed by atoms with Gasteiger partial charge in [0.15, 0.2) is 0 Å². The average molecular weight is 383 g/mol. The summed E-state index contributed by atoms with van der Waals surface area (Å²) >= 11 is 0. The summed E-state index contributed by atoms with van der Waals surface area (Å²) in [5, 5.41) is 5.66. The van der Waals surface area contributed by atoms with Gasteiger partial charge in [-0.3, -0.25) is 4.79 Å². The second-order valence-corrected chi connectivity index (χ2v) is 8.53. The molecule has 0 atom stereocenters. The lowest BCUT2D eigenvalue weighted by molar-refractivity contribution is -0.122. The van der Waals surface area contributed by atoms with Gasteiger partial charge in [0.05, 0.1) is 12.0 Å². The van der Waals surface area contributed by atoms with Gasteiger partial charge in [0.25, 0.3) is 0 Å². The standard InChI is InChI=1S/C23H30N2O3/c1-22(2,3)28-21(27)24-16-23(4,5)25-20(26)15-17-11-13-19(14-12-17)18-9-7-6-8-10-18/h6-14H,15-16H2,1-5H3,(H,24,27)(H,25,26). The van der Waals surface area contributed by atoms with E-state index in [2.05, 4.69) is 22.8 Å². The Morgan fingerprint density at radius 3 is 2.00 bits per heavy atom. The number of hydrogen-bond acceptors (Lipinski definition) is 3. The van der Waals surface area contributed by atoms with Crippen LogP contribution in [0.1, 0.15) is 40.2 Å². The van der Waals surface area contributed by atoms with Crippen molar-refractivity contribution in [2.75, 3.05) is 6.54 Å². The quantitative estimate of drug-likeness (QED) is 0.782. The molecule has 0 aliphatic heterocycles. The van der Waals surface area contributed by atoms with Crippen LogP contribution in [-0.2, 0) is 16.0 Å². The number of benzene rings is 2. The van der Waals surface area contributed by atoms with Gasteiger partial charge in [-0.25, -0.2) is 4.79 Å². The van der Waals surface area contributed by atoms with Crippen molar-refractivity contribution in [3.05, 3.63) is 60.2 Å². The topological polar surface area (TPSA) is 67.4 Å². The van der Waals surface area contributed by atoms with Crippen molar-refractivity contribution in [1.82, 2.24) is 10.6 Å². The fraction of sp³-hybridized carbons (Fsp3) is 0.391. The minimum Gasteiger partial charge on any atom is -0.444 e. The van der Waals surface area contributed by atoms with Crippen molar-refractivity contribution in [3.63, 3.8) is 0 Å². The Morgan fingerprint density at radius 2 is 1.43 bits per heavy atom. The maximum Gasteiger partial charge on any atom is 0.407 e. The van der Waals surface area contributed by atoms with Crippen LogP contribution < -0.4 is 10.6 Å². The number of carbonyl (C=O) groups excluding carboxylic acids is 2. The lowest BCUT2D eigenvalue weighted by Crippen LogP contribution is -2.52. The molecule has 0 spiro atoms. The van der Waals surface area contributed by atoms with E-state index < -0.39 is 17.2 Å². The Bertz CT molecular complexity index is 791. The molecule has 0 aliphatic carbocycles. The molecule has 0 saturated heterocycles. The van der Waals surface area contributed by atoms with E-state index in [9.17, 15) is 9.59 Å². The van der Waals surface area contributed by atoms with Gasteiger partial charge in [-0.15, -0.1) is 0 Å². The molecule has 2 aromatic carbocycles. The summed E-state index contributed by atoms with van der Waals surface area (Å²) in [4.78, 5) is 24.2. The molecule has 0 fully saturated rings. The van der Waals surface area contributed by atoms with Gasteiger partial charge in [0.1, 0.15) is 5.60 Å². The Kier molecular flexibility index (Phi) is 6.84. The van der Waals surface area contributed by atoms with Crippen molar-refractivity contribution < 1.29 is 14.3 Å². The highest BCUT2D eigenvalue weighted by Gasteiger charge is 2.23. The molecule has 2 rings (SSSR count). The second-order valence-electron chi connectivity index (χ2n) is 8.53. The number of ether oxygens (including phenoxy) is 1. The Balaban J connectivity index is 1.86. The fourth-order valence-electron chi connectivity index (χ4n) is 2.70. The molecule has 2 amide bonds. The van der Waals surface area contributed by atoms with Crippen molar-refractivity contribution in [2.24, 2.45) is 0 Å². The zero-order valence-electron chi connectivity index (χ0n) is 17.3. The summed E-state index contributed by atoms with van der Waals surface area (Å²) < 4.78 is 5.22. The smallest absolute Gasteiger partial charge is 0.407 e. The van der Waals surface area contributed by atoms with E-state index in [1.165, 1.54) is 0 Å². The summed E-state index contributed by atoms with van der Waals surface area (Å²) in [5.41, 5.74) is 2.06. The summed E-state index contributed by atoms with van der Waals surface area (Å²) in [5.74, 6) is -0.0940. The molecular weight excluding hydrogens is 352 g/mol. The molecule has 5 heteroatoms. The van der Waals surface area contributed by atoms with Crippen molar-refractivity contribution in [1.29, 1.82) is 0 Å². The third-order valence-electron chi connectivity index (χ3n) is 3.98. The van der Waals surface area contributed by atoms with E-state index in [-0.39, 0.29) is 18.9 Å². The van der Waals surface area contributed by atoms with E-state index >= 15 is 0 Å². The predicted molar refractivity (Wildman–Crippen MR) is 112 cm³/mol. The van der Waals surface area contributed by atoms with Gasteiger partial charge in [0.2, 0.25) is 5.91 Å². The van der Waals surface area contributed by atoms with Crippen molar-refractivity contribution >= 4 is 12.0 Å². The van der Waals surface area contributed by atoms with Crippen LogP contribution in [0.4, 0.5) is 4.79 Å². The molecule has 0 radical (unpaired) electrons. The minimum absolute atomic E-state index is 0.0940. The molecule has 0 saturated carbocycles. The summed E-state index contributed by atoms with van der Waals surface area (Å²) in [6.45, 7) is 9.43. The highest BCUT2D eigenvalue weighted by molar-refractivity contribution is 5.79. The van der Waals surface area contributed by atoms with Gasteiger partial charge >= 0.3 is 6.09 Å². The zero-order valence-corrected chi connectivity index (χ0v) is 17.3. The number of nitrogens with one attached hydrogen (secondary N) is 2. The van der Waals surface area contributed by atoms with Crippen LogP contribution in [0, 0.1) is 0 Å². The van der Waals surface area contributed by atoms with Crippen LogP contribution in [0.25, 0.3) is 11.1 Å². The predicted octanol–water partition coefficient (Wildman–Crippen LogP) is 4.32. The maximum atomic E-state index is 12.4. The Labute approximate surface area is 167 Å². The highest BCUT2D eigenvalue weighted by atomic mass is 16.6. The Morgan fingerprint density at radius 1 is 0.857 bits per heavy atom. The van der Waals surface area contributed by atoms with Gasteiger partial charge in [-0.1, -0.05) is 54.6 Å². The zero-order chi connectivity index (χ0) is 20.8. The van der Waals surface area contributed by atoms with Crippen LogP contribution in [0.5, 0.6) is 0 Å². The lowest BCUT2D eigenvalue weighted by Gasteiger charge is -2.28. The SMILES string of the molecule is CC(C)(CNC(=O)OC(C)(C)C)NC(=O)Cc1ccc(-c2ccccc2)cc1. The van der Waals surface area contributed by atoms with E-state index in [1.807, 2.05) is 77.1 Å². The van der Waals surface area contributed by atoms with Gasteiger partial charge in [-0.2, -0.15) is 0 Å². The van der Waals surface area contributed by atoms with Gasteiger partial charge in [-0.05, 0) is 51.3 Å². The normalized spacial score (nSPS) is 11.6. The average Bonchev–Trinajstić information content (AvgIpc) is 2.59. The molecule has 2 N–H and O–H groups in total. The molecule has 0 aliphatic rings. The molecule has 0 bridgehead atoms. The molecule has 28 heavy (non-hydrogen) atoms. The highest BCUT2D eigenvalue weighted by Crippen LogP contribution is 2.19. The number of carbonyl (C=O) groups is 2. The van der Waals surface area contributed by atoms with E-state index in [0.717, 1.165) is 16.7 Å². The third kappa shape index (κ3) is 7.43. The monoisotopic (exact) mass is 382 g/mol. The molecule has 0 aromatic heterocycles. The van der Waals surface area contributed by atoms with E-state index in [1.54, 1.807) is 0 Å². The number of rotatable bonds is 6. The van der Waals surface area contributed by atoms with Crippen LogP contribution in [0.2, 0.25) is 0 Å². The van der Waals surface area contributed by atoms with Gasteiger partial charge in [0, 0.05) is 6.54 Å². The first-order chi connectivity index (χ1) is 13.0. The first-order valence-corrected chi connectivity index (χ1v) is 9.46. The number of hydrogen-bond donors (Lipinski definition) is 2. The maximum absolute atomic E-state index is 12.4. The van der Waals surface area contributed by atoms with E-state index in [0.29, 0.717) is 0 Å². The number of amides is 2. The fourth-order valence-corrected chi connectivity index (χ4v) is 2.70. The van der Waals surface area contributed by atoms with Crippen LogP contribution in [0.3, 0.4) is 0 Å². The molecule has 0 unspecified atom stereocenters. The Hall–Kier alpha value is -2.82.